The quantitative estimate of drug-likeness (QED) is 0.369. The van der Waals surface area contributed by atoms with E-state index < -0.39 is 0 Å². The van der Waals surface area contributed by atoms with Crippen molar-refractivity contribution in [1.29, 1.82) is 0 Å². The minimum atomic E-state index is -0.278. The summed E-state index contributed by atoms with van der Waals surface area (Å²) in [6, 6.07) is 19.7. The van der Waals surface area contributed by atoms with Crippen molar-refractivity contribution in [3.63, 3.8) is 0 Å². The van der Waals surface area contributed by atoms with Crippen LogP contribution < -0.4 is 5.32 Å². The Morgan fingerprint density at radius 2 is 1.70 bits per heavy atom. The Morgan fingerprint density at radius 3 is 2.48 bits per heavy atom. The highest BCUT2D eigenvalue weighted by Gasteiger charge is 2.19. The van der Waals surface area contributed by atoms with Crippen LogP contribution in [0.3, 0.4) is 0 Å². The number of thioether (sulfide) groups is 1. The molecule has 2 aromatic heterocycles. The van der Waals surface area contributed by atoms with Crippen molar-refractivity contribution in [2.75, 3.05) is 5.32 Å². The number of nitrogens with one attached hydrogen (secondary N) is 1. The van der Waals surface area contributed by atoms with Gasteiger partial charge in [-0.1, -0.05) is 88.3 Å². The molecule has 0 saturated carbocycles. The maximum absolute atomic E-state index is 12.6. The molecule has 0 unspecified atom stereocenters. The molecule has 134 valence electrons. The molecule has 9 heteroatoms. The van der Waals surface area contributed by atoms with Gasteiger partial charge in [0.15, 0.2) is 4.34 Å². The third-order valence-electron chi connectivity index (χ3n) is 3.57. The summed E-state index contributed by atoms with van der Waals surface area (Å²) >= 11 is 4.01. The lowest BCUT2D eigenvalue weighted by Crippen LogP contribution is -2.11. The van der Waals surface area contributed by atoms with Crippen LogP contribution >= 0.6 is 34.6 Å². The van der Waals surface area contributed by atoms with Crippen LogP contribution in [0.25, 0.3) is 11.3 Å². The van der Waals surface area contributed by atoms with E-state index >= 15 is 0 Å². The van der Waals surface area contributed by atoms with Gasteiger partial charge in [-0.2, -0.15) is 0 Å². The first-order valence-corrected chi connectivity index (χ1v) is 10.6. The molecule has 1 N–H and O–H groups in total. The van der Waals surface area contributed by atoms with Gasteiger partial charge >= 0.3 is 0 Å². The number of anilines is 1. The minimum absolute atomic E-state index is 0.278. The van der Waals surface area contributed by atoms with E-state index in [1.165, 1.54) is 16.9 Å². The van der Waals surface area contributed by atoms with Crippen LogP contribution in [-0.2, 0) is 5.75 Å². The number of nitrogens with zero attached hydrogens (tertiary/aromatic N) is 4. The maximum atomic E-state index is 12.6. The largest absolute Gasteiger partial charge is 0.296 e. The second-order valence-corrected chi connectivity index (χ2v) is 8.37. The lowest BCUT2D eigenvalue weighted by atomic mass is 10.1. The van der Waals surface area contributed by atoms with Crippen molar-refractivity contribution >= 4 is 45.7 Å². The standard InChI is InChI=1S/C18H13N5OS3/c24-16(15-14(20-23-27-15)13-9-5-2-6-10-13)19-17-21-22-18(26-17)25-11-12-7-3-1-4-8-12/h1-10H,11H2,(H,19,21,24). The summed E-state index contributed by atoms with van der Waals surface area (Å²) in [4.78, 5) is 13.1. The zero-order valence-electron chi connectivity index (χ0n) is 13.9. The van der Waals surface area contributed by atoms with Gasteiger partial charge in [0.2, 0.25) is 5.13 Å². The van der Waals surface area contributed by atoms with Crippen molar-refractivity contribution in [2.45, 2.75) is 10.1 Å². The highest BCUT2D eigenvalue weighted by atomic mass is 32.2. The van der Waals surface area contributed by atoms with E-state index in [4.69, 9.17) is 0 Å². The van der Waals surface area contributed by atoms with Crippen LogP contribution in [0.2, 0.25) is 0 Å². The summed E-state index contributed by atoms with van der Waals surface area (Å²) in [6.45, 7) is 0. The van der Waals surface area contributed by atoms with E-state index in [0.29, 0.717) is 15.7 Å². The highest BCUT2D eigenvalue weighted by Crippen LogP contribution is 2.29. The van der Waals surface area contributed by atoms with Gasteiger partial charge in [-0.3, -0.25) is 10.1 Å². The molecule has 0 aliphatic carbocycles. The Hall–Kier alpha value is -2.62. The average Bonchev–Trinajstić information content (AvgIpc) is 3.37. The fourth-order valence-corrected chi connectivity index (χ4v) is 4.60. The summed E-state index contributed by atoms with van der Waals surface area (Å²) in [5.41, 5.74) is 2.64. The molecule has 0 saturated heterocycles. The molecule has 0 aliphatic heterocycles. The van der Waals surface area contributed by atoms with Gasteiger partial charge < -0.3 is 0 Å². The lowest BCUT2D eigenvalue weighted by Gasteiger charge is -2.01. The van der Waals surface area contributed by atoms with Crippen LogP contribution in [0, 0.1) is 0 Å². The molecular weight excluding hydrogens is 398 g/mol. The van der Waals surface area contributed by atoms with E-state index in [0.717, 1.165) is 27.2 Å². The molecule has 2 heterocycles. The molecule has 0 bridgehead atoms. The van der Waals surface area contributed by atoms with Crippen molar-refractivity contribution in [3.05, 3.63) is 71.1 Å². The van der Waals surface area contributed by atoms with E-state index in [-0.39, 0.29) is 5.91 Å². The monoisotopic (exact) mass is 411 g/mol. The second kappa shape index (κ2) is 8.38. The zero-order chi connectivity index (χ0) is 18.5. The topological polar surface area (TPSA) is 80.7 Å². The summed E-state index contributed by atoms with van der Waals surface area (Å²) in [5.74, 6) is 0.528. The van der Waals surface area contributed by atoms with Gasteiger partial charge in [0, 0.05) is 11.3 Å². The summed E-state index contributed by atoms with van der Waals surface area (Å²) < 4.78 is 4.73. The molecule has 6 nitrogen and oxygen atoms in total. The van der Waals surface area contributed by atoms with Gasteiger partial charge in [0.05, 0.1) is 0 Å². The Labute approximate surface area is 167 Å². The number of rotatable bonds is 6. The van der Waals surface area contributed by atoms with Gasteiger partial charge in [-0.25, -0.2) is 0 Å². The molecule has 0 radical (unpaired) electrons. The predicted molar refractivity (Wildman–Crippen MR) is 109 cm³/mol. The molecule has 0 aliphatic rings. The third-order valence-corrected chi connectivity index (χ3v) is 6.34. The van der Waals surface area contributed by atoms with E-state index in [9.17, 15) is 4.79 Å². The number of benzene rings is 2. The van der Waals surface area contributed by atoms with Crippen LogP contribution in [0.1, 0.15) is 15.2 Å². The molecule has 0 fully saturated rings. The Morgan fingerprint density at radius 1 is 0.963 bits per heavy atom. The van der Waals surface area contributed by atoms with Crippen molar-refractivity contribution in [1.82, 2.24) is 19.8 Å². The third kappa shape index (κ3) is 4.38. The maximum Gasteiger partial charge on any atom is 0.271 e. The summed E-state index contributed by atoms with van der Waals surface area (Å²) in [6.07, 6.45) is 0. The molecule has 27 heavy (non-hydrogen) atoms. The van der Waals surface area contributed by atoms with Crippen molar-refractivity contribution in [3.8, 4) is 11.3 Å². The van der Waals surface area contributed by atoms with Gasteiger partial charge in [-0.05, 0) is 17.1 Å². The van der Waals surface area contributed by atoms with E-state index in [1.54, 1.807) is 11.8 Å². The smallest absolute Gasteiger partial charge is 0.271 e. The van der Waals surface area contributed by atoms with Crippen molar-refractivity contribution < 1.29 is 4.79 Å². The number of hydrogen-bond donors (Lipinski definition) is 1. The molecular formula is C18H13N5OS3. The molecule has 4 aromatic rings. The fourth-order valence-electron chi connectivity index (χ4n) is 2.32. The van der Waals surface area contributed by atoms with E-state index in [1.807, 2.05) is 48.5 Å². The van der Waals surface area contributed by atoms with Crippen LogP contribution in [0.15, 0.2) is 65.0 Å². The first kappa shape index (κ1) is 17.8. The fraction of sp³-hybridized carbons (Fsp3) is 0.0556. The molecule has 0 atom stereocenters. The molecule has 2 aromatic carbocycles. The molecule has 0 spiro atoms. The SMILES string of the molecule is O=C(Nc1nnc(SCc2ccccc2)s1)c1snnc1-c1ccccc1. The number of amides is 1. The molecule has 4 rings (SSSR count). The second-order valence-electron chi connectivity index (χ2n) is 5.42. The van der Waals surface area contributed by atoms with E-state index in [2.05, 4.69) is 37.2 Å². The van der Waals surface area contributed by atoms with Crippen LogP contribution in [-0.4, -0.2) is 25.7 Å². The van der Waals surface area contributed by atoms with Crippen molar-refractivity contribution in [2.24, 2.45) is 0 Å². The number of carbonyl (C=O) groups is 1. The summed E-state index contributed by atoms with van der Waals surface area (Å²) in [5, 5.41) is 15.5. The van der Waals surface area contributed by atoms with Crippen LogP contribution in [0.5, 0.6) is 0 Å². The number of aromatic nitrogens is 4. The first-order valence-electron chi connectivity index (χ1n) is 7.99. The Balaban J connectivity index is 1.42. The lowest BCUT2D eigenvalue weighted by molar-refractivity contribution is 0.103. The van der Waals surface area contributed by atoms with Gasteiger partial charge in [-0.15, -0.1) is 15.3 Å². The minimum Gasteiger partial charge on any atom is -0.296 e. The van der Waals surface area contributed by atoms with Crippen LogP contribution in [0.4, 0.5) is 5.13 Å². The number of carbonyl (C=O) groups excluding carboxylic acids is 1. The van der Waals surface area contributed by atoms with Gasteiger partial charge in [0.25, 0.3) is 5.91 Å². The first-order chi connectivity index (χ1) is 13.3. The average molecular weight is 412 g/mol. The Kier molecular flexibility index (Phi) is 5.52. The predicted octanol–water partition coefficient (Wildman–Crippen LogP) is 4.60. The highest BCUT2D eigenvalue weighted by molar-refractivity contribution is 8.00. The summed E-state index contributed by atoms with van der Waals surface area (Å²) in [7, 11) is 0. The zero-order valence-corrected chi connectivity index (χ0v) is 16.4. The number of hydrogen-bond acceptors (Lipinski definition) is 8. The molecule has 1 amide bonds. The Bertz CT molecular complexity index is 1030. The normalized spacial score (nSPS) is 10.7. The van der Waals surface area contributed by atoms with Gasteiger partial charge in [0.1, 0.15) is 10.6 Å².